The molecule has 0 aromatic carbocycles. The van der Waals surface area contributed by atoms with Crippen LogP contribution in [0.5, 0.6) is 0 Å². The number of unbranched alkanes of at least 4 members (excludes halogenated alkanes) is 1. The number of nitrogens with one attached hydrogen (secondary N) is 2. The van der Waals surface area contributed by atoms with E-state index >= 15 is 0 Å². The maximum absolute atomic E-state index is 12.2. The van der Waals surface area contributed by atoms with Crippen LogP contribution in [0.1, 0.15) is 51.9 Å². The van der Waals surface area contributed by atoms with E-state index in [2.05, 4.69) is 22.8 Å². The van der Waals surface area contributed by atoms with Gasteiger partial charge in [0.15, 0.2) is 0 Å². The third kappa shape index (κ3) is 7.36. The van der Waals surface area contributed by atoms with E-state index in [0.29, 0.717) is 36.3 Å². The molecule has 1 amide bonds. The van der Waals surface area contributed by atoms with Crippen LogP contribution in [0.4, 0.5) is 0 Å². The summed E-state index contributed by atoms with van der Waals surface area (Å²) in [5, 5.41) is 14.7. The molecule has 3 N–H and O–H groups in total. The van der Waals surface area contributed by atoms with Crippen LogP contribution in [-0.4, -0.2) is 47.3 Å². The Morgan fingerprint density at radius 1 is 1.14 bits per heavy atom. The van der Waals surface area contributed by atoms with Gasteiger partial charge in [-0.3, -0.25) is 9.59 Å². The number of carbonyl (C=O) groups is 2. The Balaban J connectivity index is 1.73. The number of carboxylic acids is 1. The third-order valence-corrected chi connectivity index (χ3v) is 5.72. The molecule has 2 fully saturated rings. The monoisotopic (exact) mass is 408 g/mol. The first-order valence-corrected chi connectivity index (χ1v) is 10.6. The highest BCUT2D eigenvalue weighted by molar-refractivity contribution is 7.80. The fourth-order valence-electron chi connectivity index (χ4n) is 4.02. The Bertz CT molecular complexity index is 605. The van der Waals surface area contributed by atoms with Gasteiger partial charge in [0.25, 0.3) is 0 Å². The van der Waals surface area contributed by atoms with E-state index in [1.165, 1.54) is 0 Å². The molecule has 2 saturated heterocycles. The van der Waals surface area contributed by atoms with Crippen LogP contribution in [0.2, 0.25) is 0 Å². The molecule has 156 valence electrons. The lowest BCUT2D eigenvalue weighted by Crippen LogP contribution is -2.39. The summed E-state index contributed by atoms with van der Waals surface area (Å²) < 4.78 is 6.08. The minimum atomic E-state index is -0.748. The largest absolute Gasteiger partial charge is 0.481 e. The Labute approximate surface area is 172 Å². The van der Waals surface area contributed by atoms with E-state index < -0.39 is 5.97 Å². The maximum Gasteiger partial charge on any atom is 0.303 e. The third-order valence-electron chi connectivity index (χ3n) is 5.44. The molecule has 2 aliphatic rings. The molecule has 0 aromatic heterocycles. The highest BCUT2D eigenvalue weighted by atomic mass is 32.1. The van der Waals surface area contributed by atoms with E-state index in [-0.39, 0.29) is 31.0 Å². The van der Waals surface area contributed by atoms with Crippen LogP contribution in [0.15, 0.2) is 24.3 Å². The number of allylic oxidation sites excluding steroid dienone is 3. The average molecular weight is 409 g/mol. The molecule has 2 heterocycles. The molecule has 0 unspecified atom stereocenters. The number of carboxylic acid groups (broad SMARTS) is 1. The number of rotatable bonds is 12. The van der Waals surface area contributed by atoms with Gasteiger partial charge in [0, 0.05) is 25.4 Å². The van der Waals surface area contributed by atoms with Gasteiger partial charge in [0.1, 0.15) is 0 Å². The molecule has 0 spiro atoms. The van der Waals surface area contributed by atoms with Gasteiger partial charge < -0.3 is 20.5 Å². The van der Waals surface area contributed by atoms with Crippen LogP contribution in [0.25, 0.3) is 0 Å². The predicted molar refractivity (Wildman–Crippen MR) is 113 cm³/mol. The molecule has 7 heteroatoms. The summed E-state index contributed by atoms with van der Waals surface area (Å²) in [5.41, 5.74) is 0. The number of thiocarbonyl (C=S) groups is 1. The van der Waals surface area contributed by atoms with Gasteiger partial charge in [-0.15, -0.1) is 0 Å². The average Bonchev–Trinajstić information content (AvgIpc) is 3.24. The van der Waals surface area contributed by atoms with Gasteiger partial charge >= 0.3 is 5.97 Å². The molecule has 0 aromatic rings. The summed E-state index contributed by atoms with van der Waals surface area (Å²) in [6, 6.07) is 0. The lowest BCUT2D eigenvalue weighted by Gasteiger charge is -2.27. The Morgan fingerprint density at radius 2 is 1.89 bits per heavy atom. The predicted octanol–water partition coefficient (Wildman–Crippen LogP) is 2.98. The van der Waals surface area contributed by atoms with Crippen LogP contribution in [0.3, 0.4) is 0 Å². The first-order chi connectivity index (χ1) is 13.5. The van der Waals surface area contributed by atoms with Crippen molar-refractivity contribution in [2.75, 3.05) is 13.1 Å². The van der Waals surface area contributed by atoms with Crippen molar-refractivity contribution in [3.63, 3.8) is 0 Å². The van der Waals surface area contributed by atoms with Gasteiger partial charge in [0.05, 0.1) is 23.6 Å². The van der Waals surface area contributed by atoms with Crippen LogP contribution < -0.4 is 10.6 Å². The summed E-state index contributed by atoms with van der Waals surface area (Å²) in [7, 11) is 0. The van der Waals surface area contributed by atoms with Crippen molar-refractivity contribution in [1.82, 2.24) is 10.6 Å². The minimum Gasteiger partial charge on any atom is -0.481 e. The quantitative estimate of drug-likeness (QED) is 0.261. The number of hydrogen-bond acceptors (Lipinski definition) is 4. The lowest BCUT2D eigenvalue weighted by molar-refractivity contribution is -0.137. The van der Waals surface area contributed by atoms with Gasteiger partial charge in [0.2, 0.25) is 5.91 Å². The molecule has 28 heavy (non-hydrogen) atoms. The molecule has 2 aliphatic heterocycles. The van der Waals surface area contributed by atoms with Crippen molar-refractivity contribution >= 4 is 29.1 Å². The van der Waals surface area contributed by atoms with Crippen molar-refractivity contribution in [3.8, 4) is 0 Å². The minimum absolute atomic E-state index is 0.0521. The highest BCUT2D eigenvalue weighted by Crippen LogP contribution is 2.44. The zero-order valence-electron chi connectivity index (χ0n) is 16.6. The molecule has 2 rings (SSSR count). The van der Waals surface area contributed by atoms with E-state index in [4.69, 9.17) is 22.1 Å². The number of ether oxygens (including phenoxy) is 1. The SMILES string of the molecule is CC=CCNC(=S)CC(=O)NC[C@H]1[C@@H](CC=CCCCC(=O)O)[C@H]2CC[C@@H]1O2. The van der Waals surface area contributed by atoms with E-state index in [1.54, 1.807) is 0 Å². The molecular formula is C21H32N2O4S. The molecule has 0 aliphatic carbocycles. The Kier molecular flexibility index (Phi) is 9.64. The molecule has 4 atom stereocenters. The number of aliphatic carboxylic acids is 1. The maximum atomic E-state index is 12.2. The summed E-state index contributed by atoms with van der Waals surface area (Å²) in [5.74, 6) is -0.0589. The standard InChI is InChI=1S/C21H32N2O4S/c1-2-3-12-22-20(28)13-19(24)23-14-16-15(17-10-11-18(16)27-17)8-6-4-5-7-9-21(25)26/h2-4,6,15-18H,5,7-14H2,1H3,(H,22,28)(H,23,24)(H,25,26)/t15-,16+,17-,18+/m1/s1. The van der Waals surface area contributed by atoms with Crippen molar-refractivity contribution in [2.24, 2.45) is 11.8 Å². The smallest absolute Gasteiger partial charge is 0.303 e. The number of amides is 1. The van der Waals surface area contributed by atoms with Crippen molar-refractivity contribution in [3.05, 3.63) is 24.3 Å². The van der Waals surface area contributed by atoms with E-state index in [0.717, 1.165) is 25.7 Å². The number of fused-ring (bicyclic) bond motifs is 2. The molecule has 0 radical (unpaired) electrons. The second kappa shape index (κ2) is 12.0. The number of hydrogen-bond donors (Lipinski definition) is 3. The molecule has 0 saturated carbocycles. The van der Waals surface area contributed by atoms with Crippen molar-refractivity contribution < 1.29 is 19.4 Å². The molecule has 6 nitrogen and oxygen atoms in total. The van der Waals surface area contributed by atoms with Crippen LogP contribution in [0, 0.1) is 11.8 Å². The first kappa shape index (κ1) is 22.6. The fourth-order valence-corrected chi connectivity index (χ4v) is 4.23. The zero-order chi connectivity index (χ0) is 20.4. The summed E-state index contributed by atoms with van der Waals surface area (Å²) >= 11 is 5.20. The highest BCUT2D eigenvalue weighted by Gasteiger charge is 2.47. The second-order valence-electron chi connectivity index (χ2n) is 7.47. The Morgan fingerprint density at radius 3 is 2.61 bits per heavy atom. The van der Waals surface area contributed by atoms with Gasteiger partial charge in [-0.05, 0) is 44.9 Å². The summed E-state index contributed by atoms with van der Waals surface area (Å²) in [4.78, 5) is 23.3. The van der Waals surface area contributed by atoms with Crippen molar-refractivity contribution in [2.45, 2.75) is 64.1 Å². The van der Waals surface area contributed by atoms with Gasteiger partial charge in [-0.2, -0.15) is 0 Å². The lowest BCUT2D eigenvalue weighted by atomic mass is 9.77. The first-order valence-electron chi connectivity index (χ1n) is 10.2. The Hall–Kier alpha value is -1.73. The van der Waals surface area contributed by atoms with E-state index in [1.807, 2.05) is 19.1 Å². The van der Waals surface area contributed by atoms with Crippen LogP contribution in [-0.2, 0) is 14.3 Å². The second-order valence-corrected chi connectivity index (χ2v) is 7.96. The van der Waals surface area contributed by atoms with E-state index in [9.17, 15) is 9.59 Å². The number of carbonyl (C=O) groups excluding carboxylic acids is 1. The summed E-state index contributed by atoms with van der Waals surface area (Å²) in [6.45, 7) is 3.20. The summed E-state index contributed by atoms with van der Waals surface area (Å²) in [6.07, 6.45) is 13.6. The topological polar surface area (TPSA) is 87.7 Å². The van der Waals surface area contributed by atoms with Crippen molar-refractivity contribution in [1.29, 1.82) is 0 Å². The van der Waals surface area contributed by atoms with Gasteiger partial charge in [-0.25, -0.2) is 0 Å². The molecular weight excluding hydrogens is 376 g/mol. The van der Waals surface area contributed by atoms with Gasteiger partial charge in [-0.1, -0.05) is 36.5 Å². The molecule has 2 bridgehead atoms. The normalized spacial score (nSPS) is 26.2. The van der Waals surface area contributed by atoms with Crippen LogP contribution >= 0.6 is 12.2 Å². The zero-order valence-corrected chi connectivity index (χ0v) is 17.4. The fraction of sp³-hybridized carbons (Fsp3) is 0.667.